The number of aliphatic carboxylic acids is 1. The van der Waals surface area contributed by atoms with Crippen LogP contribution < -0.4 is 0 Å². The van der Waals surface area contributed by atoms with Crippen molar-refractivity contribution in [3.63, 3.8) is 0 Å². The number of carboxylic acid groups (broad SMARTS) is 1. The third-order valence-electron chi connectivity index (χ3n) is 4.35. The Balaban J connectivity index is 1.66. The lowest BCUT2D eigenvalue weighted by Crippen LogP contribution is -1.96. The fourth-order valence-electron chi connectivity index (χ4n) is 3.07. The van der Waals surface area contributed by atoms with Crippen LogP contribution in [0.4, 0.5) is 0 Å². The first-order valence-electron chi connectivity index (χ1n) is 8.57. The molecule has 0 unspecified atom stereocenters. The van der Waals surface area contributed by atoms with Gasteiger partial charge in [-0.25, -0.2) is 4.79 Å². The van der Waals surface area contributed by atoms with Crippen LogP contribution in [0.25, 0.3) is 32.3 Å². The highest BCUT2D eigenvalue weighted by Gasteiger charge is 2.11. The maximum absolute atomic E-state index is 11.8. The van der Waals surface area contributed by atoms with Gasteiger partial charge in [0.1, 0.15) is 4.88 Å². The molecule has 28 heavy (non-hydrogen) atoms. The predicted octanol–water partition coefficient (Wildman–Crippen LogP) is 5.70. The van der Waals surface area contributed by atoms with Gasteiger partial charge in [-0.15, -0.1) is 22.7 Å². The van der Waals surface area contributed by atoms with Crippen molar-refractivity contribution < 1.29 is 19.4 Å². The van der Waals surface area contributed by atoms with Crippen LogP contribution in [-0.4, -0.2) is 24.2 Å². The molecular weight excluding hydrogens is 392 g/mol. The topological polar surface area (TPSA) is 63.6 Å². The molecular formula is C22H16O4S2. The van der Waals surface area contributed by atoms with E-state index in [0.717, 1.165) is 36.2 Å². The van der Waals surface area contributed by atoms with E-state index in [2.05, 4.69) is 6.07 Å². The minimum Gasteiger partial charge on any atom is -0.481 e. The monoisotopic (exact) mass is 408 g/mol. The lowest BCUT2D eigenvalue weighted by atomic mass is 10.1. The second kappa shape index (κ2) is 7.58. The van der Waals surface area contributed by atoms with Gasteiger partial charge in [0.25, 0.3) is 0 Å². The van der Waals surface area contributed by atoms with Gasteiger partial charge in [0.2, 0.25) is 0 Å². The van der Waals surface area contributed by atoms with Gasteiger partial charge in [-0.1, -0.05) is 30.4 Å². The van der Waals surface area contributed by atoms with Gasteiger partial charge in [0.05, 0.1) is 13.5 Å². The molecule has 2 aromatic heterocycles. The Morgan fingerprint density at radius 3 is 2.68 bits per heavy atom. The van der Waals surface area contributed by atoms with Gasteiger partial charge >= 0.3 is 11.9 Å². The van der Waals surface area contributed by atoms with Crippen molar-refractivity contribution in [2.45, 2.75) is 6.42 Å². The Labute approximate surface area is 169 Å². The fourth-order valence-corrected chi connectivity index (χ4v) is 5.12. The first-order valence-corrected chi connectivity index (χ1v) is 10.2. The normalized spacial score (nSPS) is 11.5. The van der Waals surface area contributed by atoms with E-state index in [1.807, 2.05) is 54.6 Å². The zero-order chi connectivity index (χ0) is 19.7. The molecule has 4 rings (SSSR count). The summed E-state index contributed by atoms with van der Waals surface area (Å²) in [7, 11) is 1.38. The fraction of sp³-hybridized carbons (Fsp3) is 0.0909. The smallest absolute Gasteiger partial charge is 0.348 e. The van der Waals surface area contributed by atoms with Crippen LogP contribution in [0.1, 0.15) is 25.7 Å². The average molecular weight is 409 g/mol. The van der Waals surface area contributed by atoms with Crippen molar-refractivity contribution in [1.29, 1.82) is 0 Å². The average Bonchev–Trinajstić information content (AvgIpc) is 3.28. The van der Waals surface area contributed by atoms with Gasteiger partial charge in [-0.05, 0) is 46.8 Å². The maximum Gasteiger partial charge on any atom is 0.348 e. The van der Waals surface area contributed by atoms with Gasteiger partial charge in [0, 0.05) is 19.7 Å². The number of carboxylic acids is 1. The number of esters is 1. The molecule has 0 fully saturated rings. The Bertz CT molecular complexity index is 1230. The Hall–Kier alpha value is -2.96. The molecule has 0 bridgehead atoms. The number of methoxy groups -OCH3 is 1. The first kappa shape index (κ1) is 18.4. The summed E-state index contributed by atoms with van der Waals surface area (Å²) in [4.78, 5) is 24.1. The maximum atomic E-state index is 11.8. The summed E-state index contributed by atoms with van der Waals surface area (Å²) in [5, 5.41) is 11.0. The van der Waals surface area contributed by atoms with Crippen molar-refractivity contribution in [3.05, 3.63) is 69.4 Å². The minimum absolute atomic E-state index is 0.0488. The highest BCUT2D eigenvalue weighted by Crippen LogP contribution is 2.31. The molecule has 2 aromatic carbocycles. The lowest BCUT2D eigenvalue weighted by molar-refractivity contribution is -0.136. The van der Waals surface area contributed by atoms with Crippen LogP contribution in [0.2, 0.25) is 0 Å². The molecule has 0 spiro atoms. The largest absolute Gasteiger partial charge is 0.481 e. The molecule has 2 heterocycles. The molecule has 4 aromatic rings. The number of fused-ring (bicyclic) bond motifs is 2. The van der Waals surface area contributed by atoms with E-state index in [0.29, 0.717) is 4.88 Å². The van der Waals surface area contributed by atoms with Crippen molar-refractivity contribution in [1.82, 2.24) is 0 Å². The number of thiophene rings is 2. The van der Waals surface area contributed by atoms with E-state index in [1.165, 1.54) is 29.8 Å². The summed E-state index contributed by atoms with van der Waals surface area (Å²) in [6.07, 6.45) is 4.10. The molecule has 1 N–H and O–H groups in total. The summed E-state index contributed by atoms with van der Waals surface area (Å²) in [6.45, 7) is 0. The molecule has 140 valence electrons. The lowest BCUT2D eigenvalue weighted by Gasteiger charge is -1.98. The van der Waals surface area contributed by atoms with Gasteiger partial charge in [-0.2, -0.15) is 0 Å². The number of benzene rings is 2. The highest BCUT2D eigenvalue weighted by molar-refractivity contribution is 7.20. The van der Waals surface area contributed by atoms with Crippen LogP contribution in [0, 0.1) is 0 Å². The van der Waals surface area contributed by atoms with Crippen molar-refractivity contribution in [3.8, 4) is 0 Å². The molecule has 0 aliphatic heterocycles. The van der Waals surface area contributed by atoms with Gasteiger partial charge in [0.15, 0.2) is 0 Å². The third kappa shape index (κ3) is 3.69. The van der Waals surface area contributed by atoms with E-state index in [1.54, 1.807) is 0 Å². The van der Waals surface area contributed by atoms with Crippen molar-refractivity contribution >= 4 is 66.9 Å². The number of ether oxygens (including phenoxy) is 1. The van der Waals surface area contributed by atoms with E-state index >= 15 is 0 Å². The van der Waals surface area contributed by atoms with Crippen LogP contribution in [0.15, 0.2) is 48.5 Å². The second-order valence-electron chi connectivity index (χ2n) is 6.28. The molecule has 0 saturated carbocycles. The molecule has 0 aliphatic carbocycles. The zero-order valence-electron chi connectivity index (χ0n) is 15.0. The zero-order valence-corrected chi connectivity index (χ0v) is 16.6. The summed E-state index contributed by atoms with van der Waals surface area (Å²) in [6, 6.07) is 15.9. The number of rotatable bonds is 5. The van der Waals surface area contributed by atoms with E-state index in [4.69, 9.17) is 9.84 Å². The number of hydrogen-bond acceptors (Lipinski definition) is 5. The molecule has 0 radical (unpaired) electrons. The summed E-state index contributed by atoms with van der Waals surface area (Å²) >= 11 is 2.93. The van der Waals surface area contributed by atoms with Gasteiger partial charge in [-0.3, -0.25) is 4.79 Å². The minimum atomic E-state index is -0.818. The van der Waals surface area contributed by atoms with E-state index in [9.17, 15) is 9.59 Å². The van der Waals surface area contributed by atoms with Crippen LogP contribution in [0.5, 0.6) is 0 Å². The second-order valence-corrected chi connectivity index (χ2v) is 8.53. The molecule has 0 saturated heterocycles. The summed E-state index contributed by atoms with van der Waals surface area (Å²) in [5.41, 5.74) is 2.06. The number of hydrogen-bond donors (Lipinski definition) is 1. The number of carbonyl (C=O) groups excluding carboxylic acids is 1. The van der Waals surface area contributed by atoms with Gasteiger partial charge < -0.3 is 9.84 Å². The molecule has 0 aliphatic rings. The van der Waals surface area contributed by atoms with Crippen molar-refractivity contribution in [2.75, 3.05) is 7.11 Å². The highest BCUT2D eigenvalue weighted by atomic mass is 32.1. The Kier molecular flexibility index (Phi) is 4.98. The molecule has 4 nitrogen and oxygen atoms in total. The molecule has 0 atom stereocenters. The molecule has 6 heteroatoms. The third-order valence-corrected chi connectivity index (χ3v) is 6.55. The summed E-state index contributed by atoms with van der Waals surface area (Å²) < 4.78 is 6.94. The van der Waals surface area contributed by atoms with E-state index < -0.39 is 5.97 Å². The quantitative estimate of drug-likeness (QED) is 0.340. The predicted molar refractivity (Wildman–Crippen MR) is 115 cm³/mol. The van der Waals surface area contributed by atoms with Crippen LogP contribution in [-0.2, 0) is 16.0 Å². The first-order chi connectivity index (χ1) is 13.5. The Morgan fingerprint density at radius 1 is 1.04 bits per heavy atom. The molecule has 0 amide bonds. The SMILES string of the molecule is COC(=O)c1cc2c(/C=C/c3ccc4sc(CC(=O)O)cc4c3)cccc2s1. The Morgan fingerprint density at radius 2 is 1.89 bits per heavy atom. The summed E-state index contributed by atoms with van der Waals surface area (Å²) in [5.74, 6) is -1.14. The van der Waals surface area contributed by atoms with Crippen molar-refractivity contribution in [2.24, 2.45) is 0 Å². The van der Waals surface area contributed by atoms with E-state index in [-0.39, 0.29) is 12.4 Å². The van der Waals surface area contributed by atoms with Crippen LogP contribution >= 0.6 is 22.7 Å². The number of carbonyl (C=O) groups is 2. The standard InChI is InChI=1S/C22H16O4S2/c1-26-22(25)20-12-17-14(3-2-4-19(17)28-20)7-5-13-6-8-18-15(9-13)10-16(27-18)11-21(23)24/h2-10,12H,11H2,1H3,(H,23,24)/b7-5+. The van der Waals surface area contributed by atoms with Crippen LogP contribution in [0.3, 0.4) is 0 Å².